The minimum atomic E-state index is -0.206. The first-order valence-electron chi connectivity index (χ1n) is 25.7. The van der Waals surface area contributed by atoms with Crippen molar-refractivity contribution in [1.82, 2.24) is 19.5 Å². The Balaban J connectivity index is 0.906. The Labute approximate surface area is 436 Å². The molecule has 0 fully saturated rings. The number of nitrogens with zero attached hydrogens (tertiary/aromatic N) is 5. The van der Waals surface area contributed by atoms with Gasteiger partial charge < -0.3 is 4.90 Å². The van der Waals surface area contributed by atoms with Crippen LogP contribution in [0.15, 0.2) is 261 Å². The van der Waals surface area contributed by atoms with Crippen LogP contribution in [0.5, 0.6) is 0 Å². The summed E-state index contributed by atoms with van der Waals surface area (Å²) in [6.07, 6.45) is 0. The molecule has 0 aliphatic heterocycles. The van der Waals surface area contributed by atoms with Gasteiger partial charge in [0.1, 0.15) is 0 Å². The van der Waals surface area contributed by atoms with Crippen molar-refractivity contribution >= 4 is 49.6 Å². The Kier molecular flexibility index (Phi) is 10.4. The number of anilines is 3. The quantitative estimate of drug-likeness (QED) is 0.145. The average Bonchev–Trinajstić information content (AvgIpc) is 3.96. The van der Waals surface area contributed by atoms with Gasteiger partial charge in [0.15, 0.2) is 11.6 Å². The molecule has 0 N–H and O–H groups in total. The van der Waals surface area contributed by atoms with E-state index in [1.54, 1.807) is 0 Å². The van der Waals surface area contributed by atoms with Crippen molar-refractivity contribution in [3.05, 3.63) is 272 Å². The second-order valence-corrected chi connectivity index (χ2v) is 20.1. The lowest BCUT2D eigenvalue weighted by Gasteiger charge is -2.26. The molecule has 0 spiro atoms. The van der Waals surface area contributed by atoms with Crippen molar-refractivity contribution < 1.29 is 0 Å². The van der Waals surface area contributed by atoms with Gasteiger partial charge in [0, 0.05) is 44.4 Å². The van der Waals surface area contributed by atoms with Gasteiger partial charge in [0.25, 0.3) is 0 Å². The highest BCUT2D eigenvalue weighted by atomic mass is 15.2. The molecule has 0 saturated heterocycles. The van der Waals surface area contributed by atoms with Crippen LogP contribution in [0.2, 0.25) is 0 Å². The van der Waals surface area contributed by atoms with E-state index in [4.69, 9.17) is 15.0 Å². The standard InChI is InChI=1S/C70H49N5/c1-70(2)63-26-16-15-25-59(63)60-44-62-61-43-55(52-31-32-54-42-58(39-35-53(54)41-52)74(56-23-13-6-14-24-56)57-37-33-49(34-38-57)47-19-9-4-10-20-47)36-40-65(61)75(66(62)45-64(60)70)69-72-67(50-21-11-5-12-22-50)71-68(73-69)51-29-27-48(28-30-51)46-17-7-3-8-18-46/h3-45H,1-2H3. The van der Waals surface area contributed by atoms with Crippen LogP contribution in [0, 0.1) is 0 Å². The molecular formula is C70H49N5. The van der Waals surface area contributed by atoms with Crippen molar-refractivity contribution in [2.24, 2.45) is 0 Å². The van der Waals surface area contributed by atoms with Crippen LogP contribution in [0.25, 0.3) is 106 Å². The zero-order chi connectivity index (χ0) is 50.0. The molecule has 0 unspecified atom stereocenters. The highest BCUT2D eigenvalue weighted by Gasteiger charge is 2.36. The average molecular weight is 960 g/mol. The fourth-order valence-electron chi connectivity index (χ4n) is 11.4. The van der Waals surface area contributed by atoms with E-state index < -0.39 is 0 Å². The highest BCUT2D eigenvalue weighted by molar-refractivity contribution is 6.13. The van der Waals surface area contributed by atoms with Crippen LogP contribution < -0.4 is 4.90 Å². The molecule has 0 radical (unpaired) electrons. The molecule has 75 heavy (non-hydrogen) atoms. The molecule has 13 aromatic rings. The molecule has 1 aliphatic carbocycles. The smallest absolute Gasteiger partial charge is 0.238 e. The molecule has 11 aromatic carbocycles. The summed E-state index contributed by atoms with van der Waals surface area (Å²) in [5.74, 6) is 1.81. The first kappa shape index (κ1) is 44.0. The highest BCUT2D eigenvalue weighted by Crippen LogP contribution is 2.51. The lowest BCUT2D eigenvalue weighted by molar-refractivity contribution is 0.661. The summed E-state index contributed by atoms with van der Waals surface area (Å²) in [5, 5.41) is 4.62. The molecule has 0 amide bonds. The van der Waals surface area contributed by atoms with Gasteiger partial charge in [-0.25, -0.2) is 4.98 Å². The monoisotopic (exact) mass is 959 g/mol. The van der Waals surface area contributed by atoms with Gasteiger partial charge in [-0.2, -0.15) is 9.97 Å². The van der Waals surface area contributed by atoms with Crippen molar-refractivity contribution in [2.75, 3.05) is 4.90 Å². The third-order valence-corrected chi connectivity index (χ3v) is 15.2. The lowest BCUT2D eigenvalue weighted by atomic mass is 9.82. The molecule has 2 aromatic heterocycles. The van der Waals surface area contributed by atoms with Crippen LogP contribution in [0.3, 0.4) is 0 Å². The molecule has 5 nitrogen and oxygen atoms in total. The predicted molar refractivity (Wildman–Crippen MR) is 311 cm³/mol. The Morgan fingerprint density at radius 2 is 0.787 bits per heavy atom. The predicted octanol–water partition coefficient (Wildman–Crippen LogP) is 18.2. The van der Waals surface area contributed by atoms with E-state index in [1.165, 1.54) is 44.2 Å². The number of fused-ring (bicyclic) bond motifs is 7. The maximum atomic E-state index is 5.37. The molecule has 0 saturated carbocycles. The second-order valence-electron chi connectivity index (χ2n) is 20.1. The normalized spacial score (nSPS) is 12.5. The fourth-order valence-corrected chi connectivity index (χ4v) is 11.4. The first-order valence-corrected chi connectivity index (χ1v) is 25.7. The van der Waals surface area contributed by atoms with E-state index in [-0.39, 0.29) is 5.41 Å². The summed E-state index contributed by atoms with van der Waals surface area (Å²) in [6, 6.07) is 93.5. The molecule has 0 bridgehead atoms. The zero-order valence-corrected chi connectivity index (χ0v) is 41.6. The van der Waals surface area contributed by atoms with Gasteiger partial charge in [0.05, 0.1) is 11.0 Å². The number of hydrogen-bond donors (Lipinski definition) is 0. The molecule has 1 aliphatic rings. The molecular weight excluding hydrogens is 911 g/mol. The van der Waals surface area contributed by atoms with E-state index in [0.717, 1.165) is 72.2 Å². The lowest BCUT2D eigenvalue weighted by Crippen LogP contribution is -2.15. The van der Waals surface area contributed by atoms with Crippen molar-refractivity contribution in [1.29, 1.82) is 0 Å². The summed E-state index contributed by atoms with van der Waals surface area (Å²) < 4.78 is 2.26. The molecule has 14 rings (SSSR count). The van der Waals surface area contributed by atoms with Crippen molar-refractivity contribution in [3.8, 4) is 73.2 Å². The van der Waals surface area contributed by atoms with Gasteiger partial charge >= 0.3 is 0 Å². The number of para-hydroxylation sites is 1. The van der Waals surface area contributed by atoms with Crippen molar-refractivity contribution in [2.45, 2.75) is 19.3 Å². The van der Waals surface area contributed by atoms with Crippen LogP contribution >= 0.6 is 0 Å². The Morgan fingerprint density at radius 3 is 1.47 bits per heavy atom. The van der Waals surface area contributed by atoms with Crippen LogP contribution in [0.1, 0.15) is 25.0 Å². The summed E-state index contributed by atoms with van der Waals surface area (Å²) in [6.45, 7) is 4.68. The summed E-state index contributed by atoms with van der Waals surface area (Å²) >= 11 is 0. The summed E-state index contributed by atoms with van der Waals surface area (Å²) in [5.41, 5.74) is 19.2. The summed E-state index contributed by atoms with van der Waals surface area (Å²) in [7, 11) is 0. The number of aromatic nitrogens is 4. The van der Waals surface area contributed by atoms with Crippen LogP contribution in [0.4, 0.5) is 17.1 Å². The van der Waals surface area contributed by atoms with E-state index in [9.17, 15) is 0 Å². The SMILES string of the molecule is CC1(C)c2ccccc2-c2cc3c4cc(-c5ccc6cc(N(c7ccccc7)c7ccc(-c8ccccc8)cc7)ccc6c5)ccc4n(-c4nc(-c5ccccc5)nc(-c5ccc(-c6ccccc6)cc5)n4)c3cc21. The topological polar surface area (TPSA) is 46.8 Å². The minimum Gasteiger partial charge on any atom is -0.310 e. The van der Waals surface area contributed by atoms with Gasteiger partial charge in [-0.15, -0.1) is 0 Å². The van der Waals surface area contributed by atoms with Gasteiger partial charge in [-0.1, -0.05) is 208 Å². The van der Waals surface area contributed by atoms with E-state index in [1.807, 2.05) is 24.3 Å². The second kappa shape index (κ2) is 17.8. The van der Waals surface area contributed by atoms with E-state index in [2.05, 4.69) is 260 Å². The summed E-state index contributed by atoms with van der Waals surface area (Å²) in [4.78, 5) is 18.2. The van der Waals surface area contributed by atoms with Gasteiger partial charge in [0.2, 0.25) is 5.95 Å². The third kappa shape index (κ3) is 7.67. The number of hydrogen-bond acceptors (Lipinski definition) is 4. The maximum Gasteiger partial charge on any atom is 0.238 e. The number of benzene rings is 11. The molecule has 0 atom stereocenters. The van der Waals surface area contributed by atoms with E-state index >= 15 is 0 Å². The minimum absolute atomic E-state index is 0.206. The number of rotatable bonds is 9. The van der Waals surface area contributed by atoms with E-state index in [0.29, 0.717) is 17.6 Å². The Bertz CT molecular complexity index is 4280. The van der Waals surface area contributed by atoms with Crippen LogP contribution in [-0.2, 0) is 5.41 Å². The maximum absolute atomic E-state index is 5.37. The van der Waals surface area contributed by atoms with Crippen molar-refractivity contribution in [3.63, 3.8) is 0 Å². The molecule has 2 heterocycles. The first-order chi connectivity index (χ1) is 36.9. The zero-order valence-electron chi connectivity index (χ0n) is 41.6. The largest absolute Gasteiger partial charge is 0.310 e. The Morgan fingerprint density at radius 1 is 0.320 bits per heavy atom. The fraction of sp³-hybridized carbons (Fsp3) is 0.0429. The molecule has 5 heteroatoms. The molecule has 354 valence electrons. The van der Waals surface area contributed by atoms with Gasteiger partial charge in [-0.3, -0.25) is 4.57 Å². The Hall–Kier alpha value is -9.71. The van der Waals surface area contributed by atoms with Crippen LogP contribution in [-0.4, -0.2) is 19.5 Å². The van der Waals surface area contributed by atoms with Gasteiger partial charge in [-0.05, 0) is 133 Å². The third-order valence-electron chi connectivity index (χ3n) is 15.2.